The number of carbonyl (C=O) groups excluding carboxylic acids is 1. The Balaban J connectivity index is 1.87. The predicted molar refractivity (Wildman–Crippen MR) is 112 cm³/mol. The van der Waals surface area contributed by atoms with Gasteiger partial charge in [-0.2, -0.15) is 5.26 Å². The van der Waals surface area contributed by atoms with Crippen LogP contribution in [-0.4, -0.2) is 36.8 Å². The first kappa shape index (κ1) is 21.3. The van der Waals surface area contributed by atoms with Gasteiger partial charge in [0.05, 0.1) is 23.2 Å². The maximum absolute atomic E-state index is 11.3. The maximum Gasteiger partial charge on any atom is 0.303 e. The van der Waals surface area contributed by atoms with Crippen molar-refractivity contribution in [3.8, 4) is 11.8 Å². The van der Waals surface area contributed by atoms with Crippen molar-refractivity contribution in [3.63, 3.8) is 0 Å². The number of benzene rings is 1. The normalized spacial score (nSPS) is 14.0. The van der Waals surface area contributed by atoms with Crippen LogP contribution in [0.25, 0.3) is 11.0 Å². The maximum atomic E-state index is 11.3. The highest BCUT2D eigenvalue weighted by Crippen LogP contribution is 2.32. The largest absolute Gasteiger partial charge is 0.492 e. The summed E-state index contributed by atoms with van der Waals surface area (Å²) in [5.41, 5.74) is 1.93. The van der Waals surface area contributed by atoms with E-state index >= 15 is 0 Å². The van der Waals surface area contributed by atoms with Gasteiger partial charge < -0.3 is 18.8 Å². The van der Waals surface area contributed by atoms with Crippen molar-refractivity contribution in [1.29, 1.82) is 5.26 Å². The lowest BCUT2D eigenvalue weighted by molar-refractivity contribution is -0.142. The van der Waals surface area contributed by atoms with E-state index in [4.69, 9.17) is 14.2 Å². The fraction of sp³-hybridized carbons (Fsp3) is 0.571. The van der Waals surface area contributed by atoms with Crippen LogP contribution in [0.2, 0.25) is 25.7 Å². The van der Waals surface area contributed by atoms with Crippen LogP contribution in [0.3, 0.4) is 0 Å². The fourth-order valence-electron chi connectivity index (χ4n) is 2.86. The van der Waals surface area contributed by atoms with Gasteiger partial charge in [-0.25, -0.2) is 4.98 Å². The summed E-state index contributed by atoms with van der Waals surface area (Å²) >= 11 is 0. The molecule has 3 rings (SSSR count). The van der Waals surface area contributed by atoms with Crippen molar-refractivity contribution < 1.29 is 19.0 Å². The molecule has 2 aromatic rings. The molecule has 156 valence electrons. The topological polar surface area (TPSA) is 86.4 Å². The van der Waals surface area contributed by atoms with Gasteiger partial charge in [0.2, 0.25) is 0 Å². The molecule has 1 aliphatic rings. The number of fused-ring (bicyclic) bond motifs is 1. The summed E-state index contributed by atoms with van der Waals surface area (Å²) in [6, 6.07) is 6.84. The van der Waals surface area contributed by atoms with Crippen molar-refractivity contribution in [2.75, 3.05) is 13.2 Å². The van der Waals surface area contributed by atoms with Gasteiger partial charge >= 0.3 is 5.97 Å². The zero-order chi connectivity index (χ0) is 21.0. The monoisotopic (exact) mass is 415 g/mol. The molecule has 0 spiro atoms. The van der Waals surface area contributed by atoms with E-state index in [1.54, 1.807) is 6.07 Å². The lowest BCUT2D eigenvalue weighted by Crippen LogP contribution is -2.22. The standard InChI is InChI=1S/C21H29N3O4Si/c1-15(25)27-13-21-23-18-9-17(11-22)20(28-12-16-5-6-16)10-19(18)24(21)14-26-7-8-29(2,3)4/h9-10,16H,5-8,12-14H2,1-4H3. The molecule has 1 aliphatic carbocycles. The Morgan fingerprint density at radius 2 is 2.10 bits per heavy atom. The zero-order valence-electron chi connectivity index (χ0n) is 17.7. The molecule has 0 amide bonds. The van der Waals surface area contributed by atoms with E-state index < -0.39 is 8.07 Å². The van der Waals surface area contributed by atoms with Gasteiger partial charge in [0.15, 0.2) is 0 Å². The Hall–Kier alpha value is -2.37. The first-order valence-electron chi connectivity index (χ1n) is 10.0. The summed E-state index contributed by atoms with van der Waals surface area (Å²) in [5, 5.41) is 9.51. The quantitative estimate of drug-likeness (QED) is 0.330. The smallest absolute Gasteiger partial charge is 0.303 e. The van der Waals surface area contributed by atoms with Crippen molar-refractivity contribution in [2.45, 2.75) is 58.8 Å². The molecular formula is C21H29N3O4Si. The summed E-state index contributed by atoms with van der Waals surface area (Å²) in [6.07, 6.45) is 2.36. The minimum atomic E-state index is -1.19. The van der Waals surface area contributed by atoms with Crippen LogP contribution in [0.5, 0.6) is 5.75 Å². The molecule has 29 heavy (non-hydrogen) atoms. The highest BCUT2D eigenvalue weighted by Gasteiger charge is 2.23. The number of hydrogen-bond acceptors (Lipinski definition) is 6. The molecule has 1 heterocycles. The van der Waals surface area contributed by atoms with E-state index in [0.717, 1.165) is 11.6 Å². The van der Waals surface area contributed by atoms with Gasteiger partial charge in [0, 0.05) is 27.7 Å². The number of nitriles is 1. The molecule has 0 saturated heterocycles. The molecule has 1 saturated carbocycles. The van der Waals surface area contributed by atoms with Gasteiger partial charge in [0.25, 0.3) is 0 Å². The second-order valence-electron chi connectivity index (χ2n) is 8.79. The average Bonchev–Trinajstić information content (AvgIpc) is 3.42. The van der Waals surface area contributed by atoms with Crippen LogP contribution in [0, 0.1) is 17.2 Å². The van der Waals surface area contributed by atoms with E-state index in [9.17, 15) is 10.1 Å². The van der Waals surface area contributed by atoms with Crippen molar-refractivity contribution in [3.05, 3.63) is 23.5 Å². The van der Waals surface area contributed by atoms with Gasteiger partial charge in [-0.05, 0) is 30.9 Å². The molecule has 0 aliphatic heterocycles. The molecule has 1 fully saturated rings. The first-order chi connectivity index (χ1) is 13.8. The van der Waals surface area contributed by atoms with E-state index in [1.807, 2.05) is 10.6 Å². The highest BCUT2D eigenvalue weighted by atomic mass is 28.3. The number of rotatable bonds is 10. The Bertz CT molecular complexity index is 923. The van der Waals surface area contributed by atoms with Crippen LogP contribution < -0.4 is 4.74 Å². The Labute approximate surface area is 172 Å². The van der Waals surface area contributed by atoms with Gasteiger partial charge in [-0.1, -0.05) is 19.6 Å². The lowest BCUT2D eigenvalue weighted by Gasteiger charge is -2.16. The number of carbonyl (C=O) groups is 1. The summed E-state index contributed by atoms with van der Waals surface area (Å²) in [6.45, 7) is 9.96. The number of nitrogens with zero attached hydrogens (tertiary/aromatic N) is 3. The summed E-state index contributed by atoms with van der Waals surface area (Å²) < 4.78 is 18.9. The minimum absolute atomic E-state index is 0.0571. The summed E-state index contributed by atoms with van der Waals surface area (Å²) in [5.74, 6) is 1.38. The first-order valence-corrected chi connectivity index (χ1v) is 13.7. The summed E-state index contributed by atoms with van der Waals surface area (Å²) in [7, 11) is -1.19. The molecule has 0 atom stereocenters. The SMILES string of the molecule is CC(=O)OCc1nc2cc(C#N)c(OCC3CC3)cc2n1COCC[Si](C)(C)C. The Kier molecular flexibility index (Phi) is 6.60. The van der Waals surface area contributed by atoms with Gasteiger partial charge in [-0.15, -0.1) is 0 Å². The number of imidazole rings is 1. The molecule has 1 aromatic heterocycles. The third kappa shape index (κ3) is 6.05. The molecule has 1 aromatic carbocycles. The molecule has 8 heteroatoms. The van der Waals surface area contributed by atoms with Crippen LogP contribution >= 0.6 is 0 Å². The highest BCUT2D eigenvalue weighted by molar-refractivity contribution is 6.76. The molecular weight excluding hydrogens is 386 g/mol. The van der Waals surface area contributed by atoms with Gasteiger partial charge in [0.1, 0.15) is 31.0 Å². The van der Waals surface area contributed by atoms with Crippen molar-refractivity contribution >= 4 is 25.1 Å². The zero-order valence-corrected chi connectivity index (χ0v) is 18.7. The Morgan fingerprint density at radius 1 is 1.34 bits per heavy atom. The van der Waals surface area contributed by atoms with Gasteiger partial charge in [-0.3, -0.25) is 4.79 Å². The lowest BCUT2D eigenvalue weighted by atomic mass is 10.2. The van der Waals surface area contributed by atoms with Crippen LogP contribution in [0.1, 0.15) is 31.2 Å². The van der Waals surface area contributed by atoms with Crippen LogP contribution in [-0.2, 0) is 27.6 Å². The minimum Gasteiger partial charge on any atom is -0.492 e. The summed E-state index contributed by atoms with van der Waals surface area (Å²) in [4.78, 5) is 15.9. The average molecular weight is 416 g/mol. The number of hydrogen-bond donors (Lipinski definition) is 0. The molecule has 7 nitrogen and oxygen atoms in total. The Morgan fingerprint density at radius 3 is 2.72 bits per heavy atom. The molecule has 0 N–H and O–H groups in total. The van der Waals surface area contributed by atoms with Crippen molar-refractivity contribution in [1.82, 2.24) is 9.55 Å². The molecule has 0 unspecified atom stereocenters. The molecule has 0 bridgehead atoms. The fourth-order valence-corrected chi connectivity index (χ4v) is 3.61. The van der Waals surface area contributed by atoms with Crippen LogP contribution in [0.4, 0.5) is 0 Å². The van der Waals surface area contributed by atoms with E-state index in [-0.39, 0.29) is 12.6 Å². The molecule has 0 radical (unpaired) electrons. The third-order valence-corrected chi connectivity index (χ3v) is 6.55. The van der Waals surface area contributed by atoms with E-state index in [0.29, 0.717) is 48.5 Å². The number of ether oxygens (including phenoxy) is 3. The second-order valence-corrected chi connectivity index (χ2v) is 14.4. The number of esters is 1. The number of aromatic nitrogens is 2. The van der Waals surface area contributed by atoms with E-state index in [2.05, 4.69) is 30.7 Å². The van der Waals surface area contributed by atoms with Crippen LogP contribution in [0.15, 0.2) is 12.1 Å². The van der Waals surface area contributed by atoms with E-state index in [1.165, 1.54) is 19.8 Å². The second kappa shape index (κ2) is 8.97. The predicted octanol–water partition coefficient (Wildman–Crippen LogP) is 4.07. The van der Waals surface area contributed by atoms with Crippen molar-refractivity contribution in [2.24, 2.45) is 5.92 Å². The third-order valence-electron chi connectivity index (χ3n) is 4.84.